The fourth-order valence-electron chi connectivity index (χ4n) is 3.59. The summed E-state index contributed by atoms with van der Waals surface area (Å²) >= 11 is 1.50. The maximum absolute atomic E-state index is 12.2. The van der Waals surface area contributed by atoms with Gasteiger partial charge in [0.2, 0.25) is 5.91 Å². The summed E-state index contributed by atoms with van der Waals surface area (Å²) in [5.41, 5.74) is 4.27. The number of hydrogen-bond acceptors (Lipinski definition) is 6. The number of fused-ring (bicyclic) bond motifs is 1. The molecule has 2 aliphatic heterocycles. The monoisotopic (exact) mass is 443 g/mol. The summed E-state index contributed by atoms with van der Waals surface area (Å²) in [7, 11) is -2.94. The van der Waals surface area contributed by atoms with Crippen LogP contribution in [0.5, 0.6) is 0 Å². The lowest BCUT2D eigenvalue weighted by Crippen LogP contribution is -2.27. The van der Waals surface area contributed by atoms with Crippen molar-refractivity contribution in [2.75, 3.05) is 23.4 Å². The number of amides is 1. The van der Waals surface area contributed by atoms with Crippen molar-refractivity contribution in [3.63, 3.8) is 0 Å². The molecule has 30 heavy (non-hydrogen) atoms. The van der Waals surface area contributed by atoms with Crippen LogP contribution >= 0.6 is 11.8 Å². The Morgan fingerprint density at radius 3 is 2.47 bits per heavy atom. The minimum Gasteiger partial charge on any atom is -0.355 e. The van der Waals surface area contributed by atoms with E-state index in [-0.39, 0.29) is 28.7 Å². The number of benzene rings is 2. The van der Waals surface area contributed by atoms with Gasteiger partial charge < -0.3 is 10.6 Å². The largest absolute Gasteiger partial charge is 0.355 e. The predicted octanol–water partition coefficient (Wildman–Crippen LogP) is 2.58. The van der Waals surface area contributed by atoms with Gasteiger partial charge in [0, 0.05) is 17.5 Å². The van der Waals surface area contributed by atoms with Crippen molar-refractivity contribution in [2.24, 2.45) is 4.99 Å². The van der Waals surface area contributed by atoms with E-state index < -0.39 is 9.84 Å². The lowest BCUT2D eigenvalue weighted by atomic mass is 10.1. The van der Waals surface area contributed by atoms with E-state index in [1.807, 2.05) is 24.3 Å². The lowest BCUT2D eigenvalue weighted by molar-refractivity contribution is -0.120. The van der Waals surface area contributed by atoms with Crippen molar-refractivity contribution in [2.45, 2.75) is 31.1 Å². The average molecular weight is 444 g/mol. The van der Waals surface area contributed by atoms with E-state index in [2.05, 4.69) is 46.8 Å². The third-order valence-corrected chi connectivity index (χ3v) is 8.39. The van der Waals surface area contributed by atoms with Gasteiger partial charge in [0.25, 0.3) is 0 Å². The first-order valence-electron chi connectivity index (χ1n) is 9.99. The van der Waals surface area contributed by atoms with Crippen LogP contribution in [-0.4, -0.2) is 48.8 Å². The Bertz CT molecular complexity index is 1050. The summed E-state index contributed by atoms with van der Waals surface area (Å²) in [4.78, 5) is 16.7. The summed E-state index contributed by atoms with van der Waals surface area (Å²) in [6.07, 6.45) is 1.16. The molecule has 1 fully saturated rings. The quantitative estimate of drug-likeness (QED) is 0.717. The Balaban J connectivity index is 1.23. The van der Waals surface area contributed by atoms with Crippen LogP contribution in [0.15, 0.2) is 53.5 Å². The molecule has 0 saturated carbocycles. The number of anilines is 1. The van der Waals surface area contributed by atoms with Crippen molar-refractivity contribution in [3.05, 3.63) is 65.2 Å². The van der Waals surface area contributed by atoms with Crippen LogP contribution in [0.1, 0.15) is 16.7 Å². The molecule has 2 N–H and O–H groups in total. The van der Waals surface area contributed by atoms with Gasteiger partial charge in [-0.15, -0.1) is 0 Å². The zero-order valence-electron chi connectivity index (χ0n) is 16.8. The Morgan fingerprint density at radius 2 is 1.77 bits per heavy atom. The van der Waals surface area contributed by atoms with Gasteiger partial charge in [0.05, 0.1) is 24.0 Å². The smallest absolute Gasteiger partial charge is 0.224 e. The number of aliphatic imine (C=N–C) groups is 1. The summed E-state index contributed by atoms with van der Waals surface area (Å²) in [6, 6.07) is 15.9. The first kappa shape index (κ1) is 20.9. The van der Waals surface area contributed by atoms with Crippen LogP contribution in [0.4, 0.5) is 5.69 Å². The Hall–Kier alpha value is -2.32. The number of aryl methyl sites for hydroxylation is 1. The maximum Gasteiger partial charge on any atom is 0.224 e. The number of carbonyl (C=O) groups is 1. The van der Waals surface area contributed by atoms with Gasteiger partial charge in [-0.05, 0) is 36.6 Å². The summed E-state index contributed by atoms with van der Waals surface area (Å²) in [5, 5.41) is 7.02. The summed E-state index contributed by atoms with van der Waals surface area (Å²) < 4.78 is 23.3. The Labute approximate surface area is 181 Å². The van der Waals surface area contributed by atoms with E-state index in [1.165, 1.54) is 22.9 Å². The normalized spacial score (nSPS) is 21.7. The molecule has 2 aromatic carbocycles. The molecule has 0 spiro atoms. The molecule has 1 saturated heterocycles. The summed E-state index contributed by atoms with van der Waals surface area (Å²) in [6.45, 7) is 2.68. The van der Waals surface area contributed by atoms with Gasteiger partial charge in [0.1, 0.15) is 0 Å². The lowest BCUT2D eigenvalue weighted by Gasteiger charge is -2.09. The van der Waals surface area contributed by atoms with Crippen LogP contribution < -0.4 is 10.6 Å². The van der Waals surface area contributed by atoms with E-state index in [0.29, 0.717) is 13.0 Å². The second kappa shape index (κ2) is 8.81. The van der Waals surface area contributed by atoms with Crippen LogP contribution in [0.3, 0.4) is 0 Å². The van der Waals surface area contributed by atoms with Crippen molar-refractivity contribution < 1.29 is 13.2 Å². The number of nitrogens with zero attached hydrogens (tertiary/aromatic N) is 1. The van der Waals surface area contributed by atoms with Gasteiger partial charge in [-0.3, -0.25) is 9.79 Å². The van der Waals surface area contributed by atoms with Crippen LogP contribution in [-0.2, 0) is 27.5 Å². The molecule has 2 aromatic rings. The molecule has 158 valence electrons. The van der Waals surface area contributed by atoms with Crippen LogP contribution in [0.25, 0.3) is 0 Å². The van der Waals surface area contributed by atoms with Crippen molar-refractivity contribution in [1.82, 2.24) is 5.32 Å². The summed E-state index contributed by atoms with van der Waals surface area (Å²) in [5.74, 6) is 0.357. The minimum atomic E-state index is -2.94. The molecule has 0 radical (unpaired) electrons. The van der Waals surface area contributed by atoms with Gasteiger partial charge in [-0.2, -0.15) is 0 Å². The minimum absolute atomic E-state index is 0.00702. The highest BCUT2D eigenvalue weighted by molar-refractivity contribution is 8.15. The van der Waals surface area contributed by atoms with E-state index in [1.54, 1.807) is 0 Å². The molecule has 2 heterocycles. The van der Waals surface area contributed by atoms with Crippen LogP contribution in [0.2, 0.25) is 0 Å². The highest BCUT2D eigenvalue weighted by Gasteiger charge is 2.42. The molecule has 0 aliphatic carbocycles. The second-order valence-electron chi connectivity index (χ2n) is 7.82. The Kier molecular flexibility index (Phi) is 6.15. The molecule has 2 atom stereocenters. The van der Waals surface area contributed by atoms with E-state index in [4.69, 9.17) is 0 Å². The van der Waals surface area contributed by atoms with Crippen LogP contribution in [0, 0.1) is 6.92 Å². The molecule has 6 nitrogen and oxygen atoms in total. The third-order valence-electron chi connectivity index (χ3n) is 5.24. The van der Waals surface area contributed by atoms with E-state index >= 15 is 0 Å². The highest BCUT2D eigenvalue weighted by Crippen LogP contribution is 2.34. The molecule has 4 rings (SSSR count). The molecular weight excluding hydrogens is 418 g/mol. The van der Waals surface area contributed by atoms with Gasteiger partial charge >= 0.3 is 0 Å². The van der Waals surface area contributed by atoms with Gasteiger partial charge in [-0.25, -0.2) is 8.42 Å². The first-order chi connectivity index (χ1) is 14.4. The fourth-order valence-corrected chi connectivity index (χ4v) is 7.27. The topological polar surface area (TPSA) is 87.6 Å². The first-order valence-corrected chi connectivity index (χ1v) is 12.7. The zero-order valence-corrected chi connectivity index (χ0v) is 18.4. The molecule has 1 amide bonds. The number of thioether (sulfide) groups is 1. The molecule has 0 aromatic heterocycles. The van der Waals surface area contributed by atoms with E-state index in [9.17, 15) is 13.2 Å². The van der Waals surface area contributed by atoms with Gasteiger partial charge in [-0.1, -0.05) is 53.7 Å². The zero-order chi connectivity index (χ0) is 21.1. The number of carbonyl (C=O) groups excluding carboxylic acids is 1. The van der Waals surface area contributed by atoms with Crippen molar-refractivity contribution >= 4 is 38.4 Å². The Morgan fingerprint density at radius 1 is 1.07 bits per heavy atom. The molecule has 0 bridgehead atoms. The SMILES string of the molecule is Cc1ccc(CCNC(=O)Cc2ccc(NC3=N[C@H]4CS(=O)(=O)C[C@@H]4S3)cc2)cc1. The number of nitrogens with one attached hydrogen (secondary N) is 2. The fraction of sp³-hybridized carbons (Fsp3) is 0.364. The average Bonchev–Trinajstić information content (AvgIpc) is 3.17. The molecule has 2 aliphatic rings. The number of amidine groups is 1. The number of sulfone groups is 1. The van der Waals surface area contributed by atoms with Crippen molar-refractivity contribution in [1.29, 1.82) is 0 Å². The standard InChI is InChI=1S/C22H25N3O3S2/c1-15-2-4-16(5-3-15)10-11-23-21(26)12-17-6-8-18(9-7-17)24-22-25-19-13-30(27,28)14-20(19)29-22/h2-9,19-20H,10-14H2,1H3,(H,23,26)(H,24,25)/t19-,20-/m0/s1. The van der Waals surface area contributed by atoms with E-state index in [0.717, 1.165) is 22.8 Å². The third kappa shape index (κ3) is 5.43. The molecule has 8 heteroatoms. The second-order valence-corrected chi connectivity index (χ2v) is 11.2. The number of rotatable bonds is 6. The number of hydrogen-bond donors (Lipinski definition) is 2. The predicted molar refractivity (Wildman–Crippen MR) is 123 cm³/mol. The van der Waals surface area contributed by atoms with Gasteiger partial charge in [0.15, 0.2) is 15.0 Å². The highest BCUT2D eigenvalue weighted by atomic mass is 32.2. The maximum atomic E-state index is 12.2. The van der Waals surface area contributed by atoms with Crippen molar-refractivity contribution in [3.8, 4) is 0 Å². The molecule has 0 unspecified atom stereocenters. The molecular formula is C22H25N3O3S2.